The Morgan fingerprint density at radius 3 is 2.46 bits per heavy atom. The number of esters is 1. The van der Waals surface area contributed by atoms with Crippen LogP contribution in [0.1, 0.15) is 12.5 Å². The first-order valence-electron chi connectivity index (χ1n) is 7.93. The van der Waals surface area contributed by atoms with Gasteiger partial charge in [-0.05, 0) is 53.0 Å². The summed E-state index contributed by atoms with van der Waals surface area (Å²) < 4.78 is 38.5. The second-order valence-corrected chi connectivity index (χ2v) is 7.98. The van der Waals surface area contributed by atoms with Crippen LogP contribution in [-0.4, -0.2) is 34.1 Å². The number of rotatable bonds is 8. The second-order valence-electron chi connectivity index (χ2n) is 5.41. The van der Waals surface area contributed by atoms with Crippen molar-refractivity contribution < 1.29 is 22.7 Å². The number of halogens is 1. The number of methoxy groups -OCH3 is 1. The average molecular weight is 442 g/mol. The predicted octanol–water partition coefficient (Wildman–Crippen LogP) is 2.91. The third-order valence-electron chi connectivity index (χ3n) is 3.58. The number of ether oxygens (including phenoxy) is 2. The molecule has 1 N–H and O–H groups in total. The van der Waals surface area contributed by atoms with Gasteiger partial charge in [0.25, 0.3) is 0 Å². The zero-order valence-electron chi connectivity index (χ0n) is 14.4. The summed E-state index contributed by atoms with van der Waals surface area (Å²) in [5, 5.41) is 0. The zero-order valence-corrected chi connectivity index (χ0v) is 16.8. The number of benzene rings is 2. The molecular weight excluding hydrogens is 422 g/mol. The number of nitrogens with one attached hydrogen (secondary N) is 1. The molecule has 2 rings (SSSR count). The Labute approximate surface area is 161 Å². The minimum absolute atomic E-state index is 0.0209. The Morgan fingerprint density at radius 1 is 1.19 bits per heavy atom. The van der Waals surface area contributed by atoms with Crippen molar-refractivity contribution in [3.8, 4) is 5.75 Å². The maximum atomic E-state index is 12.7. The molecule has 0 aliphatic rings. The third-order valence-corrected chi connectivity index (χ3v) is 5.67. The predicted molar refractivity (Wildman–Crippen MR) is 102 cm³/mol. The highest BCUT2D eigenvalue weighted by Crippen LogP contribution is 2.27. The van der Waals surface area contributed by atoms with Gasteiger partial charge in [-0.1, -0.05) is 30.3 Å². The lowest BCUT2D eigenvalue weighted by molar-refractivity contribution is -0.145. The fraction of sp³-hybridized carbons (Fsp3) is 0.278. The van der Waals surface area contributed by atoms with Crippen molar-refractivity contribution in [1.29, 1.82) is 0 Å². The molecule has 1 atom stereocenters. The van der Waals surface area contributed by atoms with Crippen molar-refractivity contribution in [1.82, 2.24) is 4.72 Å². The lowest BCUT2D eigenvalue weighted by atomic mass is 10.1. The van der Waals surface area contributed by atoms with E-state index in [0.29, 0.717) is 10.2 Å². The van der Waals surface area contributed by atoms with Crippen LogP contribution in [0, 0.1) is 0 Å². The van der Waals surface area contributed by atoms with E-state index >= 15 is 0 Å². The van der Waals surface area contributed by atoms with Crippen LogP contribution in [0.4, 0.5) is 0 Å². The third kappa shape index (κ3) is 5.30. The van der Waals surface area contributed by atoms with Crippen LogP contribution in [0.3, 0.4) is 0 Å². The first kappa shape index (κ1) is 20.4. The van der Waals surface area contributed by atoms with Crippen LogP contribution in [0.15, 0.2) is 57.9 Å². The summed E-state index contributed by atoms with van der Waals surface area (Å²) in [5.74, 6) is -0.109. The lowest BCUT2D eigenvalue weighted by Gasteiger charge is -2.18. The number of hydrogen-bond donors (Lipinski definition) is 1. The number of hydrogen-bond acceptors (Lipinski definition) is 5. The van der Waals surface area contributed by atoms with E-state index in [1.165, 1.54) is 25.3 Å². The van der Waals surface area contributed by atoms with Gasteiger partial charge in [-0.25, -0.2) is 8.42 Å². The summed E-state index contributed by atoms with van der Waals surface area (Å²) >= 11 is 3.26. The fourth-order valence-electron chi connectivity index (χ4n) is 2.34. The van der Waals surface area contributed by atoms with Gasteiger partial charge in [0.15, 0.2) is 0 Å². The Bertz CT molecular complexity index is 855. The van der Waals surface area contributed by atoms with Crippen LogP contribution in [-0.2, 0) is 26.0 Å². The molecule has 0 bridgehead atoms. The van der Waals surface area contributed by atoms with Crippen LogP contribution < -0.4 is 9.46 Å². The summed E-state index contributed by atoms with van der Waals surface area (Å²) in [6.07, 6.45) is 0.191. The van der Waals surface area contributed by atoms with Crippen molar-refractivity contribution >= 4 is 31.9 Å². The van der Waals surface area contributed by atoms with Crippen molar-refractivity contribution in [2.45, 2.75) is 24.3 Å². The molecule has 8 heteroatoms. The molecule has 0 fully saturated rings. The smallest absolute Gasteiger partial charge is 0.324 e. The molecule has 140 valence electrons. The van der Waals surface area contributed by atoms with E-state index in [4.69, 9.17) is 9.47 Å². The summed E-state index contributed by atoms with van der Waals surface area (Å²) in [6, 6.07) is 12.5. The number of carbonyl (C=O) groups is 1. The number of carbonyl (C=O) groups excluding carboxylic acids is 1. The molecule has 0 spiro atoms. The van der Waals surface area contributed by atoms with E-state index < -0.39 is 22.0 Å². The van der Waals surface area contributed by atoms with Crippen molar-refractivity contribution in [3.63, 3.8) is 0 Å². The van der Waals surface area contributed by atoms with Crippen LogP contribution in [0.25, 0.3) is 0 Å². The van der Waals surface area contributed by atoms with Gasteiger partial charge in [0.2, 0.25) is 10.0 Å². The van der Waals surface area contributed by atoms with Gasteiger partial charge >= 0.3 is 5.97 Å². The van der Waals surface area contributed by atoms with E-state index in [1.54, 1.807) is 6.92 Å². The monoisotopic (exact) mass is 441 g/mol. The lowest BCUT2D eigenvalue weighted by Crippen LogP contribution is -2.43. The van der Waals surface area contributed by atoms with E-state index in [0.717, 1.165) is 5.56 Å². The summed E-state index contributed by atoms with van der Waals surface area (Å²) in [5.41, 5.74) is 0.823. The molecule has 26 heavy (non-hydrogen) atoms. The molecule has 0 saturated heterocycles. The maximum absolute atomic E-state index is 12.7. The molecule has 0 aliphatic heterocycles. The SMILES string of the molecule is CCOC(=O)C(Cc1ccccc1)NS(=O)(=O)c1ccc(OC)c(Br)c1. The molecule has 0 heterocycles. The molecule has 1 unspecified atom stereocenters. The second kappa shape index (κ2) is 9.16. The first-order valence-corrected chi connectivity index (χ1v) is 10.2. The molecule has 2 aromatic rings. The fourth-order valence-corrected chi connectivity index (χ4v) is 4.24. The standard InChI is InChI=1S/C18H20BrNO5S/c1-3-25-18(21)16(11-13-7-5-4-6-8-13)20-26(22,23)14-9-10-17(24-2)15(19)12-14/h4-10,12,16,20H,3,11H2,1-2H3. The minimum atomic E-state index is -3.93. The van der Waals surface area contributed by atoms with Gasteiger partial charge in [0.05, 0.1) is 23.1 Å². The van der Waals surface area contributed by atoms with E-state index in [1.807, 2.05) is 30.3 Å². The van der Waals surface area contributed by atoms with Gasteiger partial charge < -0.3 is 9.47 Å². The van der Waals surface area contributed by atoms with Crippen LogP contribution in [0.2, 0.25) is 0 Å². The van der Waals surface area contributed by atoms with Gasteiger partial charge in [-0.3, -0.25) is 4.79 Å². The highest BCUT2D eigenvalue weighted by molar-refractivity contribution is 9.10. The minimum Gasteiger partial charge on any atom is -0.496 e. The Kier molecular flexibility index (Phi) is 7.19. The molecule has 0 radical (unpaired) electrons. The first-order chi connectivity index (χ1) is 12.4. The topological polar surface area (TPSA) is 81.7 Å². The summed E-state index contributed by atoms with van der Waals surface area (Å²) in [7, 11) is -2.44. The van der Waals surface area contributed by atoms with Crippen LogP contribution >= 0.6 is 15.9 Å². The summed E-state index contributed by atoms with van der Waals surface area (Å²) in [6.45, 7) is 1.84. The van der Waals surface area contributed by atoms with E-state index in [9.17, 15) is 13.2 Å². The summed E-state index contributed by atoms with van der Waals surface area (Å²) in [4.78, 5) is 12.3. The molecule has 2 aromatic carbocycles. The largest absolute Gasteiger partial charge is 0.496 e. The average Bonchev–Trinajstić information content (AvgIpc) is 2.62. The Hall–Kier alpha value is -1.90. The van der Waals surface area contributed by atoms with E-state index in [2.05, 4.69) is 20.7 Å². The van der Waals surface area contributed by atoms with Crippen molar-refractivity contribution in [3.05, 3.63) is 58.6 Å². The van der Waals surface area contributed by atoms with E-state index in [-0.39, 0.29) is 17.9 Å². The van der Waals surface area contributed by atoms with Gasteiger partial charge in [-0.2, -0.15) is 4.72 Å². The molecule has 0 amide bonds. The zero-order chi connectivity index (χ0) is 19.2. The van der Waals surface area contributed by atoms with Crippen molar-refractivity contribution in [2.75, 3.05) is 13.7 Å². The van der Waals surface area contributed by atoms with Crippen LogP contribution in [0.5, 0.6) is 5.75 Å². The molecular formula is C18H20BrNO5S. The highest BCUT2D eigenvalue weighted by atomic mass is 79.9. The van der Waals surface area contributed by atoms with Crippen molar-refractivity contribution in [2.24, 2.45) is 0 Å². The number of sulfonamides is 1. The molecule has 0 saturated carbocycles. The quantitative estimate of drug-likeness (QED) is 0.636. The normalized spacial score (nSPS) is 12.4. The van der Waals surface area contributed by atoms with Gasteiger partial charge in [0, 0.05) is 0 Å². The maximum Gasteiger partial charge on any atom is 0.324 e. The molecule has 0 aliphatic carbocycles. The highest BCUT2D eigenvalue weighted by Gasteiger charge is 2.27. The van der Waals surface area contributed by atoms with Gasteiger partial charge in [0.1, 0.15) is 11.8 Å². The van der Waals surface area contributed by atoms with Gasteiger partial charge in [-0.15, -0.1) is 0 Å². The Morgan fingerprint density at radius 2 is 1.88 bits per heavy atom. The Balaban J connectivity index is 2.27. The molecule has 6 nitrogen and oxygen atoms in total. The molecule has 0 aromatic heterocycles.